The zero-order valence-electron chi connectivity index (χ0n) is 16.7. The van der Waals surface area contributed by atoms with Crippen LogP contribution in [0.25, 0.3) is 22.2 Å². The van der Waals surface area contributed by atoms with Crippen LogP contribution in [0, 0.1) is 6.92 Å². The van der Waals surface area contributed by atoms with Gasteiger partial charge in [0.05, 0.1) is 12.1 Å². The molecule has 1 aromatic heterocycles. The Kier molecular flexibility index (Phi) is 6.60. The Bertz CT molecular complexity index is 1170. The molecule has 0 unspecified atom stereocenters. The largest absolute Gasteiger partial charge is 0.355 e. The number of hydrogen-bond donors (Lipinski definition) is 2. The number of aromatic amines is 1. The van der Waals surface area contributed by atoms with E-state index in [1.165, 1.54) is 15.8 Å². The highest BCUT2D eigenvalue weighted by Gasteiger charge is 2.13. The van der Waals surface area contributed by atoms with Gasteiger partial charge in [-0.05, 0) is 36.2 Å². The summed E-state index contributed by atoms with van der Waals surface area (Å²) in [6.07, 6.45) is 0.420. The molecule has 0 atom stereocenters. The highest BCUT2D eigenvalue weighted by Crippen LogP contribution is 2.37. The van der Waals surface area contributed by atoms with Crippen molar-refractivity contribution in [2.45, 2.75) is 18.2 Å². The number of fused-ring (bicyclic) bond motifs is 1. The van der Waals surface area contributed by atoms with Crippen LogP contribution in [0.4, 0.5) is 0 Å². The summed E-state index contributed by atoms with van der Waals surface area (Å²) < 4.78 is 1.06. The average molecular weight is 479 g/mol. The van der Waals surface area contributed by atoms with Gasteiger partial charge in [0, 0.05) is 32.6 Å². The monoisotopic (exact) mass is 478 g/mol. The zero-order valence-corrected chi connectivity index (χ0v) is 19.1. The Morgan fingerprint density at radius 2 is 1.83 bits per heavy atom. The van der Waals surface area contributed by atoms with Crippen molar-refractivity contribution in [1.82, 2.24) is 10.3 Å². The molecule has 0 spiro atoms. The van der Waals surface area contributed by atoms with E-state index in [0.29, 0.717) is 13.0 Å². The van der Waals surface area contributed by atoms with Gasteiger partial charge in [-0.2, -0.15) is 0 Å². The van der Waals surface area contributed by atoms with Gasteiger partial charge in [0.2, 0.25) is 5.91 Å². The van der Waals surface area contributed by atoms with E-state index in [1.807, 2.05) is 31.2 Å². The molecule has 0 radical (unpaired) electrons. The van der Waals surface area contributed by atoms with Crippen LogP contribution in [0.2, 0.25) is 0 Å². The first kappa shape index (κ1) is 20.8. The molecule has 0 bridgehead atoms. The van der Waals surface area contributed by atoms with Gasteiger partial charge in [-0.25, -0.2) is 0 Å². The average Bonchev–Trinajstić information content (AvgIpc) is 3.10. The summed E-state index contributed by atoms with van der Waals surface area (Å²) in [7, 11) is 0. The Morgan fingerprint density at radius 3 is 2.63 bits per heavy atom. The maximum absolute atomic E-state index is 12.3. The first-order valence-corrected chi connectivity index (χ1v) is 11.7. The van der Waals surface area contributed by atoms with Crippen molar-refractivity contribution in [3.8, 4) is 11.3 Å². The fourth-order valence-electron chi connectivity index (χ4n) is 3.50. The lowest BCUT2D eigenvalue weighted by atomic mass is 10.1. The molecule has 2 N–H and O–H groups in total. The SMILES string of the molecule is Cc1cccc(CC(=O)NCCSc2c(-c3ccc(Br)cc3)[nH]c3ccccc23)c1. The molecule has 0 aliphatic rings. The maximum atomic E-state index is 12.3. The molecular weight excluding hydrogens is 456 g/mol. The molecule has 0 aliphatic carbocycles. The van der Waals surface area contributed by atoms with E-state index in [1.54, 1.807) is 11.8 Å². The number of hydrogen-bond acceptors (Lipinski definition) is 2. The first-order valence-electron chi connectivity index (χ1n) is 9.92. The van der Waals surface area contributed by atoms with E-state index < -0.39 is 0 Å². The number of thioether (sulfide) groups is 1. The molecule has 4 rings (SSSR count). The first-order chi connectivity index (χ1) is 14.6. The number of amides is 1. The summed E-state index contributed by atoms with van der Waals surface area (Å²) >= 11 is 5.28. The number of nitrogens with one attached hydrogen (secondary N) is 2. The lowest BCUT2D eigenvalue weighted by molar-refractivity contribution is -0.120. The van der Waals surface area contributed by atoms with Gasteiger partial charge in [0.1, 0.15) is 0 Å². The van der Waals surface area contributed by atoms with Crippen LogP contribution < -0.4 is 5.32 Å². The second-order valence-electron chi connectivity index (χ2n) is 7.25. The van der Waals surface area contributed by atoms with Gasteiger partial charge >= 0.3 is 0 Å². The number of halogens is 1. The lowest BCUT2D eigenvalue weighted by Gasteiger charge is -2.08. The van der Waals surface area contributed by atoms with Crippen molar-refractivity contribution in [3.63, 3.8) is 0 Å². The number of H-pyrrole nitrogens is 1. The molecule has 5 heteroatoms. The number of carbonyl (C=O) groups is 1. The predicted octanol–water partition coefficient (Wildman–Crippen LogP) is 6.36. The van der Waals surface area contributed by atoms with Gasteiger partial charge in [-0.1, -0.05) is 76.1 Å². The summed E-state index contributed by atoms with van der Waals surface area (Å²) in [5.74, 6) is 0.874. The summed E-state index contributed by atoms with van der Waals surface area (Å²) in [4.78, 5) is 17.1. The minimum absolute atomic E-state index is 0.0632. The third-order valence-corrected chi connectivity index (χ3v) is 6.56. The number of carbonyl (C=O) groups excluding carboxylic acids is 1. The Morgan fingerprint density at radius 1 is 1.03 bits per heavy atom. The molecule has 1 heterocycles. The molecule has 0 saturated heterocycles. The Labute approximate surface area is 189 Å². The molecule has 1 amide bonds. The smallest absolute Gasteiger partial charge is 0.224 e. The van der Waals surface area contributed by atoms with Crippen LogP contribution in [-0.4, -0.2) is 23.2 Å². The fraction of sp³-hybridized carbons (Fsp3) is 0.160. The Hall–Kier alpha value is -2.50. The Balaban J connectivity index is 1.43. The van der Waals surface area contributed by atoms with Crippen molar-refractivity contribution in [2.75, 3.05) is 12.3 Å². The zero-order chi connectivity index (χ0) is 20.9. The van der Waals surface area contributed by atoms with Crippen LogP contribution >= 0.6 is 27.7 Å². The second-order valence-corrected chi connectivity index (χ2v) is 9.27. The number of aromatic nitrogens is 1. The number of para-hydroxylation sites is 1. The standard InChI is InChI=1S/C25H23BrN2OS/c1-17-5-4-6-18(15-17)16-23(29)27-13-14-30-25-21-7-2-3-8-22(21)28-24(25)19-9-11-20(26)12-10-19/h2-12,15,28H,13-14,16H2,1H3,(H,27,29). The van der Waals surface area contributed by atoms with Crippen molar-refractivity contribution in [1.29, 1.82) is 0 Å². The van der Waals surface area contributed by atoms with E-state index in [-0.39, 0.29) is 5.91 Å². The highest BCUT2D eigenvalue weighted by atomic mass is 79.9. The van der Waals surface area contributed by atoms with Gasteiger partial charge in [-0.15, -0.1) is 11.8 Å². The summed E-state index contributed by atoms with van der Waals surface area (Å²) in [5.41, 5.74) is 5.63. The molecule has 0 aliphatic heterocycles. The third kappa shape index (κ3) is 4.97. The van der Waals surface area contributed by atoms with Crippen LogP contribution in [0.15, 0.2) is 82.2 Å². The normalized spacial score (nSPS) is 11.0. The third-order valence-electron chi connectivity index (χ3n) is 4.91. The maximum Gasteiger partial charge on any atom is 0.224 e. The van der Waals surface area contributed by atoms with E-state index in [9.17, 15) is 4.79 Å². The van der Waals surface area contributed by atoms with Gasteiger partial charge in [0.25, 0.3) is 0 Å². The fourth-order valence-corrected chi connectivity index (χ4v) is 4.82. The minimum atomic E-state index is 0.0632. The molecule has 3 nitrogen and oxygen atoms in total. The summed E-state index contributed by atoms with van der Waals surface area (Å²) in [5, 5.41) is 4.27. The molecule has 3 aromatic carbocycles. The number of benzene rings is 3. The molecule has 0 saturated carbocycles. The van der Waals surface area contributed by atoms with Crippen LogP contribution in [-0.2, 0) is 11.2 Å². The minimum Gasteiger partial charge on any atom is -0.355 e. The summed E-state index contributed by atoms with van der Waals surface area (Å²) in [6, 6.07) is 24.8. The van der Waals surface area contributed by atoms with Crippen molar-refractivity contribution < 1.29 is 4.79 Å². The van der Waals surface area contributed by atoms with Gasteiger partial charge in [0.15, 0.2) is 0 Å². The molecular formula is C25H23BrN2OS. The van der Waals surface area contributed by atoms with E-state index in [0.717, 1.165) is 32.6 Å². The van der Waals surface area contributed by atoms with Crippen LogP contribution in [0.5, 0.6) is 0 Å². The number of rotatable bonds is 7. The quantitative estimate of drug-likeness (QED) is 0.239. The van der Waals surface area contributed by atoms with E-state index >= 15 is 0 Å². The molecule has 30 heavy (non-hydrogen) atoms. The van der Waals surface area contributed by atoms with E-state index in [2.05, 4.69) is 74.8 Å². The molecule has 0 fully saturated rings. The topological polar surface area (TPSA) is 44.9 Å². The molecule has 152 valence electrons. The van der Waals surface area contributed by atoms with Crippen LogP contribution in [0.1, 0.15) is 11.1 Å². The van der Waals surface area contributed by atoms with Gasteiger partial charge < -0.3 is 10.3 Å². The summed E-state index contributed by atoms with van der Waals surface area (Å²) in [6.45, 7) is 2.68. The lowest BCUT2D eigenvalue weighted by Crippen LogP contribution is -2.27. The highest BCUT2D eigenvalue weighted by molar-refractivity contribution is 9.10. The van der Waals surface area contributed by atoms with Crippen molar-refractivity contribution in [3.05, 3.63) is 88.4 Å². The van der Waals surface area contributed by atoms with Crippen molar-refractivity contribution in [2.24, 2.45) is 0 Å². The number of aryl methyl sites for hydroxylation is 1. The van der Waals surface area contributed by atoms with Gasteiger partial charge in [-0.3, -0.25) is 4.79 Å². The second kappa shape index (κ2) is 9.54. The van der Waals surface area contributed by atoms with Crippen molar-refractivity contribution >= 4 is 44.5 Å². The molecule has 4 aromatic rings. The van der Waals surface area contributed by atoms with E-state index in [4.69, 9.17) is 0 Å². The predicted molar refractivity (Wildman–Crippen MR) is 130 cm³/mol. The van der Waals surface area contributed by atoms with Crippen LogP contribution in [0.3, 0.4) is 0 Å².